The number of piperidine rings is 1. The summed E-state index contributed by atoms with van der Waals surface area (Å²) < 4.78 is 5.51. The molecule has 2 aliphatic heterocycles. The van der Waals surface area contributed by atoms with E-state index in [1.807, 2.05) is 37.1 Å². The van der Waals surface area contributed by atoms with Crippen molar-refractivity contribution in [2.24, 2.45) is 0 Å². The van der Waals surface area contributed by atoms with Gasteiger partial charge in [-0.3, -0.25) is 4.79 Å². The molecule has 1 aromatic heterocycles. The molecule has 4 rings (SSSR count). The summed E-state index contributed by atoms with van der Waals surface area (Å²) in [4.78, 5) is 27.3. The number of aromatic nitrogens is 2. The van der Waals surface area contributed by atoms with Crippen molar-refractivity contribution in [1.82, 2.24) is 19.8 Å². The molecule has 1 fully saturated rings. The molecule has 1 amide bonds. The minimum atomic E-state index is -0.00947. The summed E-state index contributed by atoms with van der Waals surface area (Å²) in [6.07, 6.45) is 3.01. The van der Waals surface area contributed by atoms with Crippen molar-refractivity contribution in [1.29, 1.82) is 0 Å². The van der Waals surface area contributed by atoms with Crippen LogP contribution in [-0.4, -0.2) is 66.5 Å². The van der Waals surface area contributed by atoms with Crippen LogP contribution in [0.15, 0.2) is 18.2 Å². The number of likely N-dealkylation sites (tertiary alicyclic amines) is 1. The zero-order valence-electron chi connectivity index (χ0n) is 18.4. The first kappa shape index (κ1) is 20.6. The minimum absolute atomic E-state index is 0.00947. The van der Waals surface area contributed by atoms with Crippen LogP contribution in [0.2, 0.25) is 0 Å². The minimum Gasteiger partial charge on any atom is -0.496 e. The monoisotopic (exact) mass is 409 g/mol. The van der Waals surface area contributed by atoms with E-state index < -0.39 is 0 Å². The van der Waals surface area contributed by atoms with Crippen LogP contribution in [0.3, 0.4) is 0 Å². The number of hydrogen-bond donors (Lipinski definition) is 1. The van der Waals surface area contributed by atoms with Gasteiger partial charge in [0.15, 0.2) is 0 Å². The first-order valence-electron chi connectivity index (χ1n) is 10.7. The second kappa shape index (κ2) is 8.60. The van der Waals surface area contributed by atoms with E-state index in [1.54, 1.807) is 7.11 Å². The number of carbonyl (C=O) groups is 1. The van der Waals surface area contributed by atoms with Crippen molar-refractivity contribution >= 4 is 11.7 Å². The van der Waals surface area contributed by atoms with E-state index in [1.165, 1.54) is 0 Å². The van der Waals surface area contributed by atoms with E-state index in [4.69, 9.17) is 14.7 Å². The molecule has 1 aromatic carbocycles. The van der Waals surface area contributed by atoms with Crippen LogP contribution in [-0.2, 0) is 13.0 Å². The van der Waals surface area contributed by atoms with Gasteiger partial charge in [0.2, 0.25) is 0 Å². The molecule has 1 saturated heterocycles. The molecule has 0 radical (unpaired) electrons. The standard InChI is InChI=1S/C23H31N5O2/c1-15-7-5-9-18(20(15)30-4)23(29)28-12-10-17-19(14-28)25-21(26-22(17)24-2)16-8-6-11-27(3)13-16/h5,7,9,16H,6,8,10-14H2,1-4H3,(H,24,25,26)/t16-/m1/s1. The Morgan fingerprint density at radius 3 is 2.83 bits per heavy atom. The lowest BCUT2D eigenvalue weighted by Crippen LogP contribution is -2.38. The first-order chi connectivity index (χ1) is 14.5. The number of fused-ring (bicyclic) bond motifs is 1. The molecular formula is C23H31N5O2. The number of nitrogens with zero attached hydrogens (tertiary/aromatic N) is 4. The van der Waals surface area contributed by atoms with E-state index in [2.05, 4.69) is 17.3 Å². The molecule has 1 atom stereocenters. The molecule has 0 bridgehead atoms. The number of para-hydroxylation sites is 1. The van der Waals surface area contributed by atoms with Gasteiger partial charge in [0.1, 0.15) is 17.4 Å². The quantitative estimate of drug-likeness (QED) is 0.837. The maximum Gasteiger partial charge on any atom is 0.257 e. The van der Waals surface area contributed by atoms with Crippen molar-refractivity contribution in [3.8, 4) is 5.75 Å². The van der Waals surface area contributed by atoms with Gasteiger partial charge >= 0.3 is 0 Å². The predicted octanol–water partition coefficient (Wildman–Crippen LogP) is 2.84. The number of anilines is 1. The van der Waals surface area contributed by atoms with Crippen molar-refractivity contribution in [3.63, 3.8) is 0 Å². The lowest BCUT2D eigenvalue weighted by atomic mass is 9.96. The smallest absolute Gasteiger partial charge is 0.257 e. The number of amides is 1. The first-order valence-corrected chi connectivity index (χ1v) is 10.7. The van der Waals surface area contributed by atoms with Gasteiger partial charge < -0.3 is 19.9 Å². The maximum atomic E-state index is 13.3. The Balaban J connectivity index is 1.63. The number of nitrogens with one attached hydrogen (secondary N) is 1. The van der Waals surface area contributed by atoms with Gasteiger partial charge in [0.25, 0.3) is 5.91 Å². The second-order valence-electron chi connectivity index (χ2n) is 8.34. The average molecular weight is 410 g/mol. The molecule has 160 valence electrons. The summed E-state index contributed by atoms with van der Waals surface area (Å²) >= 11 is 0. The molecular weight excluding hydrogens is 378 g/mol. The van der Waals surface area contributed by atoms with Crippen LogP contribution >= 0.6 is 0 Å². The number of hydrogen-bond acceptors (Lipinski definition) is 6. The summed E-state index contributed by atoms with van der Waals surface area (Å²) in [6.45, 7) is 5.21. The van der Waals surface area contributed by atoms with Gasteiger partial charge in [-0.05, 0) is 51.4 Å². The maximum absolute atomic E-state index is 13.3. The molecule has 2 aliphatic rings. The molecule has 0 aliphatic carbocycles. The average Bonchev–Trinajstić information content (AvgIpc) is 2.77. The highest BCUT2D eigenvalue weighted by Crippen LogP contribution is 2.31. The number of aryl methyl sites for hydroxylation is 1. The fourth-order valence-corrected chi connectivity index (χ4v) is 4.65. The Labute approximate surface area is 178 Å². The topological polar surface area (TPSA) is 70.6 Å². The fraction of sp³-hybridized carbons (Fsp3) is 0.522. The normalized spacial score (nSPS) is 19.3. The van der Waals surface area contributed by atoms with Crippen molar-refractivity contribution in [2.45, 2.75) is 38.6 Å². The lowest BCUT2D eigenvalue weighted by molar-refractivity contribution is 0.0728. The SMILES string of the molecule is CNc1nc([C@@H]2CCCN(C)C2)nc2c1CCN(C(=O)c1cccc(C)c1OC)C2. The molecule has 7 nitrogen and oxygen atoms in total. The van der Waals surface area contributed by atoms with Gasteiger partial charge in [-0.1, -0.05) is 12.1 Å². The van der Waals surface area contributed by atoms with Crippen molar-refractivity contribution in [2.75, 3.05) is 46.2 Å². The summed E-state index contributed by atoms with van der Waals surface area (Å²) in [6, 6.07) is 5.70. The lowest BCUT2D eigenvalue weighted by Gasteiger charge is -2.32. The zero-order chi connectivity index (χ0) is 21.3. The van der Waals surface area contributed by atoms with E-state index >= 15 is 0 Å². The second-order valence-corrected chi connectivity index (χ2v) is 8.34. The van der Waals surface area contributed by atoms with Crippen molar-refractivity contribution < 1.29 is 9.53 Å². The van der Waals surface area contributed by atoms with Crippen LogP contribution in [0.5, 0.6) is 5.75 Å². The highest BCUT2D eigenvalue weighted by Gasteiger charge is 2.29. The number of benzene rings is 1. The van der Waals surface area contributed by atoms with E-state index in [9.17, 15) is 4.79 Å². The van der Waals surface area contributed by atoms with Crippen LogP contribution < -0.4 is 10.1 Å². The third kappa shape index (κ3) is 3.86. The molecule has 0 unspecified atom stereocenters. The number of ether oxygens (including phenoxy) is 1. The number of carbonyl (C=O) groups excluding carboxylic acids is 1. The number of likely N-dealkylation sites (N-methyl/N-ethyl adjacent to an activating group) is 1. The van der Waals surface area contributed by atoms with Crippen molar-refractivity contribution in [3.05, 3.63) is 46.4 Å². The summed E-state index contributed by atoms with van der Waals surface area (Å²) in [5.74, 6) is 2.78. The summed E-state index contributed by atoms with van der Waals surface area (Å²) in [5, 5.41) is 3.26. The van der Waals surface area contributed by atoms with Gasteiger partial charge in [-0.15, -0.1) is 0 Å². The van der Waals surface area contributed by atoms with Crippen LogP contribution in [0.25, 0.3) is 0 Å². The Morgan fingerprint density at radius 2 is 2.10 bits per heavy atom. The van der Waals surface area contributed by atoms with Gasteiger partial charge in [0, 0.05) is 31.6 Å². The van der Waals surface area contributed by atoms with E-state index in [0.717, 1.165) is 60.8 Å². The third-order valence-corrected chi connectivity index (χ3v) is 6.24. The summed E-state index contributed by atoms with van der Waals surface area (Å²) in [5.41, 5.74) is 3.66. The largest absolute Gasteiger partial charge is 0.496 e. The van der Waals surface area contributed by atoms with E-state index in [0.29, 0.717) is 30.3 Å². The summed E-state index contributed by atoms with van der Waals surface area (Å²) in [7, 11) is 5.68. The highest BCUT2D eigenvalue weighted by molar-refractivity contribution is 5.97. The van der Waals surface area contributed by atoms with Gasteiger partial charge in [-0.25, -0.2) is 9.97 Å². The van der Waals surface area contributed by atoms with Crippen LogP contribution in [0.4, 0.5) is 5.82 Å². The molecule has 30 heavy (non-hydrogen) atoms. The molecule has 0 saturated carbocycles. The van der Waals surface area contributed by atoms with Crippen LogP contribution in [0.1, 0.15) is 51.8 Å². The van der Waals surface area contributed by atoms with Gasteiger partial charge in [-0.2, -0.15) is 0 Å². The zero-order valence-corrected chi connectivity index (χ0v) is 18.4. The fourth-order valence-electron chi connectivity index (χ4n) is 4.65. The third-order valence-electron chi connectivity index (χ3n) is 6.24. The molecule has 3 heterocycles. The Bertz CT molecular complexity index is 945. The number of methoxy groups -OCH3 is 1. The van der Waals surface area contributed by atoms with Gasteiger partial charge in [0.05, 0.1) is 24.9 Å². The van der Waals surface area contributed by atoms with E-state index in [-0.39, 0.29) is 5.91 Å². The molecule has 2 aromatic rings. The predicted molar refractivity (Wildman–Crippen MR) is 117 cm³/mol. The molecule has 1 N–H and O–H groups in total. The highest BCUT2D eigenvalue weighted by atomic mass is 16.5. The number of rotatable bonds is 4. The van der Waals surface area contributed by atoms with Crippen LogP contribution in [0, 0.1) is 6.92 Å². The Morgan fingerprint density at radius 1 is 1.27 bits per heavy atom. The Hall–Kier alpha value is -2.67. The molecule has 0 spiro atoms. The Kier molecular flexibility index (Phi) is 5.90. The molecule has 7 heteroatoms.